The summed E-state index contributed by atoms with van der Waals surface area (Å²) in [6.45, 7) is 4.71. The van der Waals surface area contributed by atoms with Gasteiger partial charge in [0.05, 0.1) is 29.5 Å². The molecule has 0 atom stereocenters. The lowest BCUT2D eigenvalue weighted by Crippen LogP contribution is -2.09. The maximum atomic E-state index is 5.25. The Balaban J connectivity index is 1.45. The van der Waals surface area contributed by atoms with Gasteiger partial charge in [0.25, 0.3) is 0 Å². The lowest BCUT2D eigenvalue weighted by Gasteiger charge is -2.06. The van der Waals surface area contributed by atoms with Gasteiger partial charge < -0.3 is 15.0 Å². The molecule has 0 aliphatic carbocycles. The molecule has 2 N–H and O–H groups in total. The van der Waals surface area contributed by atoms with Gasteiger partial charge in [0, 0.05) is 43.5 Å². The third kappa shape index (κ3) is 3.40. The van der Waals surface area contributed by atoms with E-state index in [1.165, 1.54) is 0 Å². The quantitative estimate of drug-likeness (QED) is 0.536. The van der Waals surface area contributed by atoms with E-state index in [0.29, 0.717) is 12.5 Å². The second-order valence-corrected chi connectivity index (χ2v) is 6.68. The summed E-state index contributed by atoms with van der Waals surface area (Å²) in [5.41, 5.74) is 5.87. The topological polar surface area (TPSA) is 93.5 Å². The van der Waals surface area contributed by atoms with Crippen LogP contribution in [0.5, 0.6) is 5.75 Å². The van der Waals surface area contributed by atoms with Gasteiger partial charge in [0.2, 0.25) is 5.95 Å². The number of hydrogen-bond donors (Lipinski definition) is 2. The molecular weight excluding hydrogens is 354 g/mol. The molecule has 144 valence electrons. The number of aromatic nitrogens is 6. The number of H-pyrrole nitrogens is 1. The molecule has 28 heavy (non-hydrogen) atoms. The Bertz CT molecular complexity index is 1130. The van der Waals surface area contributed by atoms with Crippen LogP contribution in [0.15, 0.2) is 30.5 Å². The third-order valence-electron chi connectivity index (χ3n) is 4.80. The van der Waals surface area contributed by atoms with Crippen LogP contribution in [-0.2, 0) is 13.5 Å². The van der Waals surface area contributed by atoms with Gasteiger partial charge in [-0.3, -0.25) is 4.68 Å². The van der Waals surface area contributed by atoms with Crippen LogP contribution in [0, 0.1) is 13.8 Å². The van der Waals surface area contributed by atoms with Crippen molar-refractivity contribution in [1.82, 2.24) is 29.7 Å². The molecule has 0 aliphatic heterocycles. The molecule has 4 rings (SSSR count). The molecule has 0 fully saturated rings. The van der Waals surface area contributed by atoms with Crippen LogP contribution >= 0.6 is 0 Å². The minimum Gasteiger partial charge on any atom is -0.497 e. The Morgan fingerprint density at radius 3 is 2.79 bits per heavy atom. The smallest absolute Gasteiger partial charge is 0.223 e. The van der Waals surface area contributed by atoms with Crippen LogP contribution in [0.2, 0.25) is 0 Å². The standard InChI is InChI=1S/C20H23N7O/c1-12-19(13(2)27(3)26-12)16-7-9-21-20(25-16)22-10-8-18-23-15-6-5-14(28-4)11-17(15)24-18/h5-7,9,11H,8,10H2,1-4H3,(H,23,24)(H,21,22,25). The molecular formula is C20H23N7O. The van der Waals surface area contributed by atoms with E-state index < -0.39 is 0 Å². The summed E-state index contributed by atoms with van der Waals surface area (Å²) < 4.78 is 7.13. The molecule has 0 aliphatic rings. The van der Waals surface area contributed by atoms with Crippen LogP contribution in [0.1, 0.15) is 17.2 Å². The molecule has 0 amide bonds. The number of aromatic amines is 1. The number of hydrogen-bond acceptors (Lipinski definition) is 6. The van der Waals surface area contributed by atoms with Gasteiger partial charge >= 0.3 is 0 Å². The van der Waals surface area contributed by atoms with Crippen molar-refractivity contribution in [2.45, 2.75) is 20.3 Å². The first-order valence-electron chi connectivity index (χ1n) is 9.15. The second kappa shape index (κ2) is 7.30. The number of nitrogens with one attached hydrogen (secondary N) is 2. The van der Waals surface area contributed by atoms with Gasteiger partial charge in [-0.15, -0.1) is 0 Å². The van der Waals surface area contributed by atoms with E-state index >= 15 is 0 Å². The molecule has 4 aromatic rings. The fourth-order valence-corrected chi connectivity index (χ4v) is 3.31. The molecule has 0 saturated heterocycles. The highest BCUT2D eigenvalue weighted by molar-refractivity contribution is 5.76. The van der Waals surface area contributed by atoms with E-state index in [0.717, 1.165) is 51.7 Å². The average Bonchev–Trinajstić information content (AvgIpc) is 3.20. The zero-order valence-electron chi connectivity index (χ0n) is 16.4. The average molecular weight is 377 g/mol. The van der Waals surface area contributed by atoms with Crippen molar-refractivity contribution in [3.8, 4) is 17.0 Å². The van der Waals surface area contributed by atoms with E-state index in [1.54, 1.807) is 13.3 Å². The van der Waals surface area contributed by atoms with Gasteiger partial charge in [-0.25, -0.2) is 15.0 Å². The van der Waals surface area contributed by atoms with E-state index in [-0.39, 0.29) is 0 Å². The first-order chi connectivity index (χ1) is 13.5. The monoisotopic (exact) mass is 377 g/mol. The molecule has 0 bridgehead atoms. The third-order valence-corrected chi connectivity index (χ3v) is 4.80. The van der Waals surface area contributed by atoms with Crippen molar-refractivity contribution >= 4 is 17.0 Å². The van der Waals surface area contributed by atoms with Gasteiger partial charge in [-0.1, -0.05) is 0 Å². The maximum absolute atomic E-state index is 5.25. The SMILES string of the molecule is COc1ccc2nc(CCNc3nccc(-c4c(C)nn(C)c4C)n3)[nH]c2c1. The van der Waals surface area contributed by atoms with E-state index in [2.05, 4.69) is 30.4 Å². The molecule has 8 heteroatoms. The van der Waals surface area contributed by atoms with Crippen LogP contribution in [0.4, 0.5) is 5.95 Å². The van der Waals surface area contributed by atoms with Crippen molar-refractivity contribution < 1.29 is 4.74 Å². The van der Waals surface area contributed by atoms with E-state index in [4.69, 9.17) is 4.74 Å². The van der Waals surface area contributed by atoms with Crippen LogP contribution in [0.25, 0.3) is 22.3 Å². The summed E-state index contributed by atoms with van der Waals surface area (Å²) in [7, 11) is 3.60. The number of fused-ring (bicyclic) bond motifs is 1. The number of ether oxygens (including phenoxy) is 1. The summed E-state index contributed by atoms with van der Waals surface area (Å²) in [5, 5.41) is 7.75. The number of imidazole rings is 1. The van der Waals surface area contributed by atoms with Crippen molar-refractivity contribution in [1.29, 1.82) is 0 Å². The zero-order valence-corrected chi connectivity index (χ0v) is 16.4. The maximum Gasteiger partial charge on any atom is 0.223 e. The van der Waals surface area contributed by atoms with Gasteiger partial charge in [0.15, 0.2) is 0 Å². The molecule has 3 aromatic heterocycles. The van der Waals surface area contributed by atoms with Crippen LogP contribution in [-0.4, -0.2) is 43.4 Å². The number of benzene rings is 1. The summed E-state index contributed by atoms with van der Waals surface area (Å²) in [4.78, 5) is 16.9. The largest absolute Gasteiger partial charge is 0.497 e. The van der Waals surface area contributed by atoms with E-state index in [9.17, 15) is 0 Å². The Morgan fingerprint density at radius 1 is 1.18 bits per heavy atom. The minimum atomic E-state index is 0.595. The predicted octanol–water partition coefficient (Wildman–Crippen LogP) is 3.03. The van der Waals surface area contributed by atoms with Gasteiger partial charge in [0.1, 0.15) is 11.6 Å². The van der Waals surface area contributed by atoms with Crippen molar-refractivity contribution in [2.24, 2.45) is 7.05 Å². The highest BCUT2D eigenvalue weighted by Gasteiger charge is 2.13. The summed E-state index contributed by atoms with van der Waals surface area (Å²) in [6, 6.07) is 7.72. The number of aryl methyl sites for hydroxylation is 2. The van der Waals surface area contributed by atoms with Gasteiger partial charge in [-0.05, 0) is 32.0 Å². The normalized spacial score (nSPS) is 11.1. The molecule has 0 spiro atoms. The highest BCUT2D eigenvalue weighted by atomic mass is 16.5. The molecule has 8 nitrogen and oxygen atoms in total. The first-order valence-corrected chi connectivity index (χ1v) is 9.15. The molecule has 0 unspecified atom stereocenters. The molecule has 1 aromatic carbocycles. The second-order valence-electron chi connectivity index (χ2n) is 6.68. The number of methoxy groups -OCH3 is 1. The Labute approximate surface area is 163 Å². The number of nitrogens with zero attached hydrogens (tertiary/aromatic N) is 5. The summed E-state index contributed by atoms with van der Waals surface area (Å²) in [6.07, 6.45) is 2.50. The lowest BCUT2D eigenvalue weighted by atomic mass is 10.1. The fraction of sp³-hybridized carbons (Fsp3) is 0.300. The number of anilines is 1. The molecule has 0 radical (unpaired) electrons. The Morgan fingerprint density at radius 2 is 2.04 bits per heavy atom. The molecule has 3 heterocycles. The van der Waals surface area contributed by atoms with Gasteiger partial charge in [-0.2, -0.15) is 5.10 Å². The fourth-order valence-electron chi connectivity index (χ4n) is 3.31. The minimum absolute atomic E-state index is 0.595. The zero-order chi connectivity index (χ0) is 19.7. The Hall–Kier alpha value is -3.42. The Kier molecular flexibility index (Phi) is 4.68. The predicted molar refractivity (Wildman–Crippen MR) is 109 cm³/mol. The van der Waals surface area contributed by atoms with Crippen molar-refractivity contribution in [2.75, 3.05) is 19.0 Å². The van der Waals surface area contributed by atoms with Crippen molar-refractivity contribution in [3.05, 3.63) is 47.7 Å². The highest BCUT2D eigenvalue weighted by Crippen LogP contribution is 2.25. The number of rotatable bonds is 6. The lowest BCUT2D eigenvalue weighted by molar-refractivity contribution is 0.415. The van der Waals surface area contributed by atoms with Crippen LogP contribution < -0.4 is 10.1 Å². The van der Waals surface area contributed by atoms with Crippen LogP contribution in [0.3, 0.4) is 0 Å². The summed E-state index contributed by atoms with van der Waals surface area (Å²) >= 11 is 0. The van der Waals surface area contributed by atoms with E-state index in [1.807, 2.05) is 49.8 Å². The first kappa shape index (κ1) is 18.0. The molecule has 0 saturated carbocycles. The van der Waals surface area contributed by atoms with Crippen molar-refractivity contribution in [3.63, 3.8) is 0 Å². The summed E-state index contributed by atoms with van der Waals surface area (Å²) in [5.74, 6) is 2.32.